The molecule has 0 aliphatic heterocycles. The predicted octanol–water partition coefficient (Wildman–Crippen LogP) is 3.86. The molecule has 0 aliphatic carbocycles. The van der Waals surface area contributed by atoms with Gasteiger partial charge in [-0.3, -0.25) is 0 Å². The third-order valence-corrected chi connectivity index (χ3v) is 7.22. The molecule has 0 aromatic heterocycles. The fourth-order valence-corrected chi connectivity index (χ4v) is 5.49. The highest BCUT2D eigenvalue weighted by Crippen LogP contribution is 2.26. The lowest BCUT2D eigenvalue weighted by molar-refractivity contribution is 0.255. The molecule has 0 saturated heterocycles. The number of benzene rings is 2. The van der Waals surface area contributed by atoms with Gasteiger partial charge in [0, 0.05) is 17.3 Å². The summed E-state index contributed by atoms with van der Waals surface area (Å²) >= 11 is 0. The molecule has 2 aromatic rings. The second-order valence-corrected chi connectivity index (χ2v) is 8.60. The molecule has 2 nitrogen and oxygen atoms in total. The van der Waals surface area contributed by atoms with Crippen LogP contribution in [0.3, 0.4) is 0 Å². The second-order valence-electron chi connectivity index (χ2n) is 5.04. The van der Waals surface area contributed by atoms with E-state index in [0.29, 0.717) is 12.1 Å². The molecule has 0 bridgehead atoms. The maximum atomic E-state index is 6.41. The van der Waals surface area contributed by atoms with Crippen LogP contribution in [0.15, 0.2) is 60.7 Å². The van der Waals surface area contributed by atoms with Crippen LogP contribution in [0, 0.1) is 0 Å². The lowest BCUT2D eigenvalue weighted by atomic mass is 10.3. The standard InChI is InChI=1S/C17H22O2Si/c1-4-18-20(15(2)3,17-13-9-6-10-14-17)19-16-11-7-5-8-12-16/h5-15H,4H2,1-3H3. The Hall–Kier alpha value is -1.58. The van der Waals surface area contributed by atoms with Gasteiger partial charge in [0.2, 0.25) is 0 Å². The van der Waals surface area contributed by atoms with Crippen LogP contribution < -0.4 is 9.61 Å². The van der Waals surface area contributed by atoms with Gasteiger partial charge in [-0.1, -0.05) is 62.4 Å². The first-order valence-electron chi connectivity index (χ1n) is 7.12. The number of hydrogen-bond acceptors (Lipinski definition) is 2. The monoisotopic (exact) mass is 286 g/mol. The van der Waals surface area contributed by atoms with Crippen LogP contribution >= 0.6 is 0 Å². The Morgan fingerprint density at radius 1 is 0.900 bits per heavy atom. The summed E-state index contributed by atoms with van der Waals surface area (Å²) in [6, 6.07) is 20.3. The van der Waals surface area contributed by atoms with Crippen molar-refractivity contribution in [3.63, 3.8) is 0 Å². The van der Waals surface area contributed by atoms with Crippen molar-refractivity contribution in [3.05, 3.63) is 60.7 Å². The minimum Gasteiger partial charge on any atom is -0.517 e. The Labute approximate surface area is 122 Å². The summed E-state index contributed by atoms with van der Waals surface area (Å²) in [6.45, 7) is 7.04. The van der Waals surface area contributed by atoms with E-state index in [2.05, 4.69) is 26.0 Å². The molecule has 3 heteroatoms. The molecule has 0 saturated carbocycles. The van der Waals surface area contributed by atoms with Crippen molar-refractivity contribution in [1.82, 2.24) is 0 Å². The Kier molecular flexibility index (Phi) is 4.98. The van der Waals surface area contributed by atoms with Crippen LogP contribution in [0.4, 0.5) is 0 Å². The van der Waals surface area contributed by atoms with Gasteiger partial charge >= 0.3 is 8.56 Å². The summed E-state index contributed by atoms with van der Waals surface area (Å²) in [6.07, 6.45) is 0. The maximum absolute atomic E-state index is 6.41. The van der Waals surface area contributed by atoms with Crippen LogP contribution in [0.2, 0.25) is 5.54 Å². The van der Waals surface area contributed by atoms with Gasteiger partial charge in [-0.2, -0.15) is 0 Å². The molecule has 1 atom stereocenters. The molecule has 0 radical (unpaired) electrons. The van der Waals surface area contributed by atoms with E-state index in [4.69, 9.17) is 8.85 Å². The van der Waals surface area contributed by atoms with Crippen molar-refractivity contribution in [3.8, 4) is 5.75 Å². The van der Waals surface area contributed by atoms with Crippen LogP contribution in [-0.4, -0.2) is 15.2 Å². The zero-order valence-corrected chi connectivity index (χ0v) is 13.4. The van der Waals surface area contributed by atoms with Gasteiger partial charge in [-0.25, -0.2) is 0 Å². The van der Waals surface area contributed by atoms with Crippen molar-refractivity contribution in [2.24, 2.45) is 0 Å². The average Bonchev–Trinajstić information content (AvgIpc) is 2.48. The van der Waals surface area contributed by atoms with Gasteiger partial charge < -0.3 is 8.85 Å². The van der Waals surface area contributed by atoms with E-state index in [-0.39, 0.29) is 0 Å². The van der Waals surface area contributed by atoms with Gasteiger partial charge in [0.05, 0.1) is 0 Å². The van der Waals surface area contributed by atoms with Crippen LogP contribution in [-0.2, 0) is 4.43 Å². The Balaban J connectivity index is 2.42. The van der Waals surface area contributed by atoms with Crippen LogP contribution in [0.1, 0.15) is 20.8 Å². The third-order valence-electron chi connectivity index (χ3n) is 3.31. The summed E-state index contributed by atoms with van der Waals surface area (Å²) in [4.78, 5) is 0. The number of rotatable bonds is 6. The Morgan fingerprint density at radius 2 is 1.45 bits per heavy atom. The minimum atomic E-state index is -2.49. The molecule has 20 heavy (non-hydrogen) atoms. The fourth-order valence-electron chi connectivity index (χ4n) is 2.34. The Morgan fingerprint density at radius 3 is 1.95 bits per heavy atom. The smallest absolute Gasteiger partial charge is 0.436 e. The highest BCUT2D eigenvalue weighted by atomic mass is 28.4. The minimum absolute atomic E-state index is 0.324. The predicted molar refractivity (Wildman–Crippen MR) is 85.6 cm³/mol. The SMILES string of the molecule is CCO[Si](Oc1ccccc1)(c1ccccc1)C(C)C. The molecule has 0 aliphatic rings. The van der Waals surface area contributed by atoms with Crippen molar-refractivity contribution >= 4 is 13.7 Å². The second kappa shape index (κ2) is 6.73. The highest BCUT2D eigenvalue weighted by Gasteiger charge is 2.45. The largest absolute Gasteiger partial charge is 0.517 e. The molecular weight excluding hydrogens is 264 g/mol. The van der Waals surface area contributed by atoms with Gasteiger partial charge in [-0.05, 0) is 19.1 Å². The summed E-state index contributed by atoms with van der Waals surface area (Å²) in [5.74, 6) is 0.880. The normalized spacial score (nSPS) is 14.0. The van der Waals surface area contributed by atoms with Crippen LogP contribution in [0.25, 0.3) is 0 Å². The maximum Gasteiger partial charge on any atom is 0.436 e. The van der Waals surface area contributed by atoms with Gasteiger partial charge in [0.25, 0.3) is 0 Å². The van der Waals surface area contributed by atoms with Crippen molar-refractivity contribution in [1.29, 1.82) is 0 Å². The Bertz CT molecular complexity index is 513. The van der Waals surface area contributed by atoms with E-state index in [1.54, 1.807) is 0 Å². The van der Waals surface area contributed by atoms with E-state index in [0.717, 1.165) is 5.75 Å². The lowest BCUT2D eigenvalue weighted by Gasteiger charge is -2.34. The summed E-state index contributed by atoms with van der Waals surface area (Å²) in [5, 5.41) is 1.18. The summed E-state index contributed by atoms with van der Waals surface area (Å²) in [5.41, 5.74) is 0.324. The first kappa shape index (κ1) is 14.8. The molecule has 2 rings (SSSR count). The molecule has 0 heterocycles. The zero-order valence-electron chi connectivity index (χ0n) is 12.4. The first-order chi connectivity index (χ1) is 9.69. The topological polar surface area (TPSA) is 18.5 Å². The molecule has 0 spiro atoms. The highest BCUT2D eigenvalue weighted by molar-refractivity contribution is 6.82. The van der Waals surface area contributed by atoms with Crippen molar-refractivity contribution < 1.29 is 8.85 Å². The van der Waals surface area contributed by atoms with E-state index >= 15 is 0 Å². The molecule has 0 N–H and O–H groups in total. The van der Waals surface area contributed by atoms with E-state index in [9.17, 15) is 0 Å². The van der Waals surface area contributed by atoms with Gasteiger partial charge in [-0.15, -0.1) is 0 Å². The lowest BCUT2D eigenvalue weighted by Crippen LogP contribution is -2.59. The third kappa shape index (κ3) is 3.11. The summed E-state index contributed by atoms with van der Waals surface area (Å²) < 4.78 is 12.6. The molecule has 2 aromatic carbocycles. The van der Waals surface area contributed by atoms with Crippen molar-refractivity contribution in [2.75, 3.05) is 6.61 Å². The van der Waals surface area contributed by atoms with Gasteiger partial charge in [0.1, 0.15) is 5.75 Å². The number of para-hydroxylation sites is 1. The summed E-state index contributed by atoms with van der Waals surface area (Å²) in [7, 11) is -2.49. The molecular formula is C17H22O2Si. The van der Waals surface area contributed by atoms with Gasteiger partial charge in [0.15, 0.2) is 0 Å². The molecule has 106 valence electrons. The average molecular weight is 286 g/mol. The van der Waals surface area contributed by atoms with Crippen LogP contribution in [0.5, 0.6) is 5.75 Å². The number of hydrogen-bond donors (Lipinski definition) is 0. The fraction of sp³-hybridized carbons (Fsp3) is 0.294. The zero-order chi connectivity index (χ0) is 14.4. The molecule has 1 unspecified atom stereocenters. The first-order valence-corrected chi connectivity index (χ1v) is 9.02. The van der Waals surface area contributed by atoms with Crippen molar-refractivity contribution in [2.45, 2.75) is 26.3 Å². The van der Waals surface area contributed by atoms with E-state index in [1.807, 2.05) is 55.5 Å². The quantitative estimate of drug-likeness (QED) is 0.751. The van der Waals surface area contributed by atoms with E-state index < -0.39 is 8.56 Å². The van der Waals surface area contributed by atoms with E-state index in [1.165, 1.54) is 5.19 Å². The molecule has 0 fully saturated rings. The molecule has 0 amide bonds.